The molecule has 5 rings (SSSR count). The minimum Gasteiger partial charge on any atom is -0.618 e. The second kappa shape index (κ2) is 19.8. The first-order chi connectivity index (χ1) is 27.4. The molecule has 1 saturated heterocycles. The lowest BCUT2D eigenvalue weighted by Gasteiger charge is -2.48. The summed E-state index contributed by atoms with van der Waals surface area (Å²) in [5.74, 6) is 0.147. The number of piperazine rings is 1. The van der Waals surface area contributed by atoms with E-state index in [0.717, 1.165) is 4.73 Å². The number of ether oxygens (including phenoxy) is 3. The maximum absolute atomic E-state index is 13.4. The van der Waals surface area contributed by atoms with Gasteiger partial charge in [-0.25, -0.2) is 19.0 Å². The second-order valence-electron chi connectivity index (χ2n) is 15.0. The molecule has 0 radical (unpaired) electrons. The van der Waals surface area contributed by atoms with Gasteiger partial charge in [-0.2, -0.15) is 4.73 Å². The highest BCUT2D eigenvalue weighted by Crippen LogP contribution is 2.26. The predicted molar refractivity (Wildman–Crippen MR) is 212 cm³/mol. The van der Waals surface area contributed by atoms with Gasteiger partial charge in [-0.15, -0.1) is 0 Å². The van der Waals surface area contributed by atoms with E-state index < -0.39 is 29.2 Å². The Morgan fingerprint density at radius 2 is 1.67 bits per heavy atom. The van der Waals surface area contributed by atoms with Gasteiger partial charge in [0.1, 0.15) is 28.7 Å². The lowest BCUT2D eigenvalue weighted by atomic mass is 9.96. The van der Waals surface area contributed by atoms with E-state index in [2.05, 4.69) is 30.7 Å². The zero-order valence-corrected chi connectivity index (χ0v) is 34.0. The molecule has 1 fully saturated rings. The zero-order valence-electron chi connectivity index (χ0n) is 34.0. The molecule has 1 aromatic carbocycles. The van der Waals surface area contributed by atoms with E-state index in [9.17, 15) is 28.8 Å². The lowest BCUT2D eigenvalue weighted by molar-refractivity contribution is -0.614. The molecule has 0 bridgehead atoms. The van der Waals surface area contributed by atoms with Crippen molar-refractivity contribution in [1.82, 2.24) is 30.4 Å². The van der Waals surface area contributed by atoms with Crippen molar-refractivity contribution >= 4 is 29.7 Å². The van der Waals surface area contributed by atoms with Crippen LogP contribution in [-0.4, -0.2) is 94.6 Å². The summed E-state index contributed by atoms with van der Waals surface area (Å²) in [6.45, 7) is 13.1. The molecule has 4 heterocycles. The normalized spacial score (nSPS) is 14.3. The third-order valence-electron chi connectivity index (χ3n) is 8.79. The highest BCUT2D eigenvalue weighted by Gasteiger charge is 2.40. The van der Waals surface area contributed by atoms with E-state index in [-0.39, 0.29) is 24.2 Å². The Labute approximate surface area is 337 Å². The number of esters is 1. The molecule has 1 atom stereocenters. The number of amides is 3. The number of hydrogen-bond acceptors (Lipinski definition) is 12. The van der Waals surface area contributed by atoms with Gasteiger partial charge in [0, 0.05) is 38.0 Å². The van der Waals surface area contributed by atoms with E-state index in [1.54, 1.807) is 63.1 Å². The van der Waals surface area contributed by atoms with E-state index in [1.807, 2.05) is 25.7 Å². The van der Waals surface area contributed by atoms with Crippen LogP contribution in [0.25, 0.3) is 0 Å². The van der Waals surface area contributed by atoms with Crippen LogP contribution in [0.3, 0.4) is 0 Å². The number of methoxy groups -OCH3 is 1. The Kier molecular flexibility index (Phi) is 15.2. The Morgan fingerprint density at radius 1 is 0.966 bits per heavy atom. The monoisotopic (exact) mass is 802 g/mol. The summed E-state index contributed by atoms with van der Waals surface area (Å²) >= 11 is 0. The number of hydrogen-bond donors (Lipinski definition) is 3. The van der Waals surface area contributed by atoms with Crippen molar-refractivity contribution in [3.8, 4) is 11.5 Å². The maximum atomic E-state index is 13.4. The number of alkyl carbamates (subject to hydrolysis) is 1. The minimum absolute atomic E-state index is 0.151. The third kappa shape index (κ3) is 12.9. The van der Waals surface area contributed by atoms with Crippen LogP contribution in [0.4, 0.5) is 15.0 Å². The Morgan fingerprint density at radius 3 is 2.29 bits per heavy atom. The maximum Gasteiger partial charge on any atom is 0.407 e. The molecule has 1 aliphatic heterocycles. The van der Waals surface area contributed by atoms with Crippen LogP contribution in [0.5, 0.6) is 11.5 Å². The Balaban J connectivity index is 0.000000329. The van der Waals surface area contributed by atoms with Crippen LogP contribution >= 0.6 is 0 Å². The number of nitrogens with zero attached hydrogens (tertiary/aromatic N) is 5. The van der Waals surface area contributed by atoms with Crippen LogP contribution in [-0.2, 0) is 27.4 Å². The molecule has 16 nitrogen and oxygen atoms in total. The number of pyridine rings is 3. The third-order valence-corrected chi connectivity index (χ3v) is 8.79. The van der Waals surface area contributed by atoms with Crippen molar-refractivity contribution in [3.63, 3.8) is 0 Å². The van der Waals surface area contributed by atoms with Crippen molar-refractivity contribution in [2.45, 2.75) is 71.8 Å². The SMILES string of the molecule is CNCc1cc(C(=O)N2CCN([C@@H](C)C(=O)Nc3ccc(Oc4ccc(F)cc4)cn3)CC2(C)C)cc[n+]1[O-].COC(=O)c1ccnc(CNC(=O)OC(C)(C)C)c1. The minimum atomic E-state index is -0.550. The molecule has 0 unspecified atom stereocenters. The smallest absolute Gasteiger partial charge is 0.407 e. The van der Waals surface area contributed by atoms with Crippen molar-refractivity contribution in [2.24, 2.45) is 0 Å². The topological polar surface area (TPSA) is 191 Å². The number of carbonyl (C=O) groups excluding carboxylic acids is 4. The van der Waals surface area contributed by atoms with Crippen molar-refractivity contribution in [3.05, 3.63) is 113 Å². The number of rotatable bonds is 11. The number of anilines is 1. The average molecular weight is 803 g/mol. The van der Waals surface area contributed by atoms with Gasteiger partial charge in [0.15, 0.2) is 6.20 Å². The number of benzene rings is 1. The van der Waals surface area contributed by atoms with Gasteiger partial charge in [0.05, 0.1) is 54.8 Å². The predicted octanol–water partition coefficient (Wildman–Crippen LogP) is 4.82. The summed E-state index contributed by atoms with van der Waals surface area (Å²) in [7, 11) is 3.05. The summed E-state index contributed by atoms with van der Waals surface area (Å²) in [6.07, 6.45) is 3.79. The molecule has 3 amide bonds. The molecule has 310 valence electrons. The van der Waals surface area contributed by atoms with Gasteiger partial charge in [0.2, 0.25) is 11.6 Å². The highest BCUT2D eigenvalue weighted by molar-refractivity contribution is 5.95. The Bertz CT molecular complexity index is 2040. The molecule has 3 N–H and O–H groups in total. The van der Waals surface area contributed by atoms with Gasteiger partial charge < -0.3 is 40.3 Å². The van der Waals surface area contributed by atoms with Gasteiger partial charge in [-0.05, 0) is 97.1 Å². The van der Waals surface area contributed by atoms with Gasteiger partial charge in [-0.1, -0.05) is 0 Å². The van der Waals surface area contributed by atoms with E-state index in [1.165, 1.54) is 56.0 Å². The van der Waals surface area contributed by atoms with Crippen LogP contribution in [0, 0.1) is 11.0 Å². The lowest BCUT2D eigenvalue weighted by Crippen LogP contribution is -2.63. The first kappa shape index (κ1) is 44.5. The zero-order chi connectivity index (χ0) is 42.6. The molecular formula is C41H51FN8O8. The molecular weight excluding hydrogens is 751 g/mol. The van der Waals surface area contributed by atoms with Crippen molar-refractivity contribution < 1.29 is 42.5 Å². The number of aromatic nitrogens is 3. The van der Waals surface area contributed by atoms with Gasteiger partial charge >= 0.3 is 12.1 Å². The average Bonchev–Trinajstić information content (AvgIpc) is 3.18. The first-order valence-corrected chi connectivity index (χ1v) is 18.5. The molecule has 0 spiro atoms. The van der Waals surface area contributed by atoms with E-state index >= 15 is 0 Å². The summed E-state index contributed by atoms with van der Waals surface area (Å²) < 4.78 is 29.2. The Hall–Kier alpha value is -6.20. The van der Waals surface area contributed by atoms with Crippen LogP contribution in [0.2, 0.25) is 0 Å². The number of nitrogens with one attached hydrogen (secondary N) is 3. The second-order valence-corrected chi connectivity index (χ2v) is 15.0. The molecule has 0 saturated carbocycles. The highest BCUT2D eigenvalue weighted by atomic mass is 19.1. The molecule has 4 aromatic rings. The van der Waals surface area contributed by atoms with E-state index in [0.29, 0.717) is 66.0 Å². The number of halogens is 1. The largest absolute Gasteiger partial charge is 0.618 e. The molecule has 17 heteroatoms. The summed E-state index contributed by atoms with van der Waals surface area (Å²) in [6, 6.07) is 14.8. The van der Waals surface area contributed by atoms with Crippen molar-refractivity contribution in [2.75, 3.05) is 39.1 Å². The fourth-order valence-electron chi connectivity index (χ4n) is 5.88. The fraction of sp³-hybridized carbons (Fsp3) is 0.390. The summed E-state index contributed by atoms with van der Waals surface area (Å²) in [4.78, 5) is 61.3. The summed E-state index contributed by atoms with van der Waals surface area (Å²) in [5, 5.41) is 20.3. The molecule has 0 aliphatic carbocycles. The first-order valence-electron chi connectivity index (χ1n) is 18.5. The van der Waals surface area contributed by atoms with Crippen LogP contribution < -0.4 is 25.4 Å². The van der Waals surface area contributed by atoms with Gasteiger partial charge in [0.25, 0.3) is 5.91 Å². The standard InChI is InChI=1S/C28H33FN6O4.C13H18N2O4/c1-19(26(36)32-25-10-9-24(17-31-25)39-23-7-5-21(29)6-8-23)33-13-14-34(28(2,3)18-33)27(37)20-11-12-35(38)22(15-20)16-30-4;1-13(2,3)19-12(17)15-8-10-7-9(5-6-14-10)11(16)18-4/h5-12,15,17,19,30H,13-14,16,18H2,1-4H3,(H,31,32,36);5-7H,8H2,1-4H3,(H,15,17)/t19-;/m0./s1. The van der Waals surface area contributed by atoms with Gasteiger partial charge in [-0.3, -0.25) is 19.5 Å². The molecule has 3 aromatic heterocycles. The molecule has 1 aliphatic rings. The molecule has 58 heavy (non-hydrogen) atoms. The fourth-order valence-corrected chi connectivity index (χ4v) is 5.88. The van der Waals surface area contributed by atoms with E-state index in [4.69, 9.17) is 9.47 Å². The van der Waals surface area contributed by atoms with Crippen molar-refractivity contribution in [1.29, 1.82) is 0 Å². The number of carbonyl (C=O) groups is 4. The van der Waals surface area contributed by atoms with Crippen LogP contribution in [0.1, 0.15) is 73.6 Å². The van der Waals surface area contributed by atoms with Crippen LogP contribution in [0.15, 0.2) is 79.3 Å². The quantitative estimate of drug-likeness (QED) is 0.107. The summed E-state index contributed by atoms with van der Waals surface area (Å²) in [5.41, 5.74) is 0.762.